The van der Waals surface area contributed by atoms with E-state index >= 15 is 0 Å². The van der Waals surface area contributed by atoms with Gasteiger partial charge in [0, 0.05) is 26.6 Å². The van der Waals surface area contributed by atoms with Gasteiger partial charge in [-0.3, -0.25) is 4.79 Å². The fourth-order valence-electron chi connectivity index (χ4n) is 3.34. The van der Waals surface area contributed by atoms with Crippen LogP contribution in [0.1, 0.15) is 36.0 Å². The minimum atomic E-state index is 0.00538. The molecule has 1 saturated heterocycles. The van der Waals surface area contributed by atoms with Crippen molar-refractivity contribution >= 4 is 5.91 Å². The summed E-state index contributed by atoms with van der Waals surface area (Å²) in [5.74, 6) is 2.50. The Morgan fingerprint density at radius 2 is 2.07 bits per heavy atom. The van der Waals surface area contributed by atoms with Crippen LogP contribution in [0.2, 0.25) is 0 Å². The van der Waals surface area contributed by atoms with Crippen molar-refractivity contribution in [3.8, 4) is 5.75 Å². The third kappa shape index (κ3) is 5.56. The molecule has 2 heterocycles. The maximum atomic E-state index is 12.3. The molecule has 3 rings (SSSR count). The predicted molar refractivity (Wildman–Crippen MR) is 104 cm³/mol. The molecule has 1 amide bonds. The molecule has 0 aliphatic carbocycles. The van der Waals surface area contributed by atoms with Crippen LogP contribution in [0, 0.1) is 0 Å². The largest absolute Gasteiger partial charge is 0.497 e. The average Bonchev–Trinajstić information content (AvgIpc) is 3.20. The minimum absolute atomic E-state index is 0.00538. The first kappa shape index (κ1) is 20.4. The van der Waals surface area contributed by atoms with Crippen molar-refractivity contribution in [3.63, 3.8) is 0 Å². The van der Waals surface area contributed by atoms with Crippen molar-refractivity contribution in [2.75, 3.05) is 47.1 Å². The van der Waals surface area contributed by atoms with Crippen LogP contribution in [0.25, 0.3) is 0 Å². The molecular formula is C21H28N2O5. The second-order valence-corrected chi connectivity index (χ2v) is 6.91. The van der Waals surface area contributed by atoms with Crippen molar-refractivity contribution in [1.29, 1.82) is 0 Å². The Bertz CT molecular complexity index is 744. The smallest absolute Gasteiger partial charge is 0.248 e. The summed E-state index contributed by atoms with van der Waals surface area (Å²) >= 11 is 0. The second-order valence-electron chi connectivity index (χ2n) is 6.91. The Morgan fingerprint density at radius 3 is 2.82 bits per heavy atom. The van der Waals surface area contributed by atoms with E-state index in [0.717, 1.165) is 36.5 Å². The van der Waals surface area contributed by atoms with E-state index in [0.29, 0.717) is 32.1 Å². The Hall–Kier alpha value is -2.38. The molecule has 0 spiro atoms. The molecule has 1 aliphatic heterocycles. The fraction of sp³-hybridized carbons (Fsp3) is 0.524. The summed E-state index contributed by atoms with van der Waals surface area (Å²) in [5.41, 5.74) is 1.14. The van der Waals surface area contributed by atoms with Crippen LogP contribution in [0.3, 0.4) is 0 Å². The number of carbonyl (C=O) groups excluding carboxylic acids is 1. The van der Waals surface area contributed by atoms with Gasteiger partial charge in [0.15, 0.2) is 5.89 Å². The van der Waals surface area contributed by atoms with Gasteiger partial charge >= 0.3 is 0 Å². The number of amides is 1. The molecule has 28 heavy (non-hydrogen) atoms. The number of carbonyl (C=O) groups is 1. The fourth-order valence-corrected chi connectivity index (χ4v) is 3.34. The van der Waals surface area contributed by atoms with Crippen LogP contribution in [-0.2, 0) is 20.7 Å². The molecule has 7 heteroatoms. The van der Waals surface area contributed by atoms with Crippen LogP contribution in [-0.4, -0.2) is 62.9 Å². The number of hydrogen-bond acceptors (Lipinski definition) is 6. The van der Waals surface area contributed by atoms with Gasteiger partial charge in [-0.05, 0) is 30.5 Å². The zero-order valence-corrected chi connectivity index (χ0v) is 16.6. The van der Waals surface area contributed by atoms with Crippen LogP contribution in [0.15, 0.2) is 34.9 Å². The van der Waals surface area contributed by atoms with E-state index in [4.69, 9.17) is 18.6 Å². The first-order valence-electron chi connectivity index (χ1n) is 9.61. The standard InChI is InChI=1S/C21H28N2O5/c1-25-10-11-27-15-20(24)23-9-3-4-17(14-23)21-22-13-19(28-21)12-16-5-7-18(26-2)8-6-16/h5-8,13,17H,3-4,9-12,14-15H2,1-2H3. The third-order valence-electron chi connectivity index (χ3n) is 4.89. The number of aromatic nitrogens is 1. The molecule has 1 unspecified atom stereocenters. The molecule has 1 aliphatic rings. The Balaban J connectivity index is 1.54. The van der Waals surface area contributed by atoms with Gasteiger partial charge in [0.2, 0.25) is 5.91 Å². The van der Waals surface area contributed by atoms with Crippen molar-refractivity contribution in [2.45, 2.75) is 25.2 Å². The van der Waals surface area contributed by atoms with Crippen molar-refractivity contribution < 1.29 is 23.4 Å². The van der Waals surface area contributed by atoms with Crippen molar-refractivity contribution in [3.05, 3.63) is 47.7 Å². The van der Waals surface area contributed by atoms with Crippen LogP contribution < -0.4 is 4.74 Å². The number of oxazole rings is 1. The van der Waals surface area contributed by atoms with E-state index in [2.05, 4.69) is 4.98 Å². The van der Waals surface area contributed by atoms with E-state index in [1.807, 2.05) is 29.2 Å². The number of piperidine rings is 1. The molecule has 1 atom stereocenters. The van der Waals surface area contributed by atoms with Gasteiger partial charge in [0.25, 0.3) is 0 Å². The Kier molecular flexibility index (Phi) is 7.45. The number of hydrogen-bond donors (Lipinski definition) is 0. The van der Waals surface area contributed by atoms with E-state index in [1.165, 1.54) is 0 Å². The van der Waals surface area contributed by atoms with E-state index < -0.39 is 0 Å². The van der Waals surface area contributed by atoms with E-state index in [1.54, 1.807) is 20.4 Å². The molecule has 1 aromatic heterocycles. The molecule has 0 bridgehead atoms. The van der Waals surface area contributed by atoms with Crippen LogP contribution >= 0.6 is 0 Å². The first-order chi connectivity index (χ1) is 13.7. The normalized spacial score (nSPS) is 16.9. The number of nitrogens with zero attached hydrogens (tertiary/aromatic N) is 2. The number of benzene rings is 1. The molecule has 1 aromatic carbocycles. The first-order valence-corrected chi connectivity index (χ1v) is 9.61. The Labute approximate surface area is 165 Å². The van der Waals surface area contributed by atoms with Gasteiger partial charge in [0.1, 0.15) is 18.1 Å². The highest BCUT2D eigenvalue weighted by Gasteiger charge is 2.27. The summed E-state index contributed by atoms with van der Waals surface area (Å²) in [6, 6.07) is 7.91. The summed E-state index contributed by atoms with van der Waals surface area (Å²) in [5, 5.41) is 0. The van der Waals surface area contributed by atoms with Gasteiger partial charge < -0.3 is 23.5 Å². The second kappa shape index (κ2) is 10.2. The summed E-state index contributed by atoms with van der Waals surface area (Å²) < 4.78 is 21.5. The average molecular weight is 388 g/mol. The van der Waals surface area contributed by atoms with Gasteiger partial charge in [-0.15, -0.1) is 0 Å². The highest BCUT2D eigenvalue weighted by atomic mass is 16.5. The van der Waals surface area contributed by atoms with Gasteiger partial charge in [-0.1, -0.05) is 12.1 Å². The zero-order chi connectivity index (χ0) is 19.8. The Morgan fingerprint density at radius 1 is 1.25 bits per heavy atom. The SMILES string of the molecule is COCCOCC(=O)N1CCCC(c2ncc(Cc3ccc(OC)cc3)o2)C1. The third-order valence-corrected chi connectivity index (χ3v) is 4.89. The number of methoxy groups -OCH3 is 2. The highest BCUT2D eigenvalue weighted by Crippen LogP contribution is 2.27. The van der Waals surface area contributed by atoms with E-state index in [-0.39, 0.29) is 18.4 Å². The molecule has 1 fully saturated rings. The molecule has 0 N–H and O–H groups in total. The highest BCUT2D eigenvalue weighted by molar-refractivity contribution is 5.77. The lowest BCUT2D eigenvalue weighted by atomic mass is 9.98. The van der Waals surface area contributed by atoms with Gasteiger partial charge in [0.05, 0.1) is 32.4 Å². The number of rotatable bonds is 9. The maximum Gasteiger partial charge on any atom is 0.248 e. The number of likely N-dealkylation sites (tertiary alicyclic amines) is 1. The van der Waals surface area contributed by atoms with Crippen LogP contribution in [0.5, 0.6) is 5.75 Å². The van der Waals surface area contributed by atoms with Crippen LogP contribution in [0.4, 0.5) is 0 Å². The quantitative estimate of drug-likeness (QED) is 0.615. The molecule has 2 aromatic rings. The molecule has 0 saturated carbocycles. The molecule has 0 radical (unpaired) electrons. The number of ether oxygens (including phenoxy) is 3. The lowest BCUT2D eigenvalue weighted by Crippen LogP contribution is -2.41. The summed E-state index contributed by atoms with van der Waals surface area (Å²) in [4.78, 5) is 18.7. The summed E-state index contributed by atoms with van der Waals surface area (Å²) in [7, 11) is 3.27. The minimum Gasteiger partial charge on any atom is -0.497 e. The zero-order valence-electron chi connectivity index (χ0n) is 16.6. The topological polar surface area (TPSA) is 74.0 Å². The lowest BCUT2D eigenvalue weighted by Gasteiger charge is -2.31. The maximum absolute atomic E-state index is 12.3. The van der Waals surface area contributed by atoms with Crippen molar-refractivity contribution in [2.24, 2.45) is 0 Å². The van der Waals surface area contributed by atoms with E-state index in [9.17, 15) is 4.79 Å². The summed E-state index contributed by atoms with van der Waals surface area (Å²) in [6.07, 6.45) is 4.37. The molecule has 7 nitrogen and oxygen atoms in total. The summed E-state index contributed by atoms with van der Waals surface area (Å²) in [6.45, 7) is 2.37. The molecular weight excluding hydrogens is 360 g/mol. The lowest BCUT2D eigenvalue weighted by molar-refractivity contribution is -0.137. The van der Waals surface area contributed by atoms with Gasteiger partial charge in [-0.25, -0.2) is 4.98 Å². The monoisotopic (exact) mass is 388 g/mol. The van der Waals surface area contributed by atoms with Gasteiger partial charge in [-0.2, -0.15) is 0 Å². The predicted octanol–water partition coefficient (Wildman–Crippen LogP) is 2.64. The molecule has 152 valence electrons. The van der Waals surface area contributed by atoms with Crippen molar-refractivity contribution in [1.82, 2.24) is 9.88 Å².